The summed E-state index contributed by atoms with van der Waals surface area (Å²) in [5, 5.41) is 0. The van der Waals surface area contributed by atoms with Crippen molar-refractivity contribution >= 4 is 5.78 Å². The highest BCUT2D eigenvalue weighted by Crippen LogP contribution is 2.14. The van der Waals surface area contributed by atoms with Gasteiger partial charge in [-0.1, -0.05) is 23.3 Å². The standard InChI is InChI=1S/C18H30O3/c1-15(2)8-6-9-16(3)10-7-11-17(19)14-21-18-12-4-5-13-20-18/h8,10,18H,4-7,9,11-14H2,1-3H3/b16-10+. The topological polar surface area (TPSA) is 35.5 Å². The van der Waals surface area contributed by atoms with Crippen LogP contribution in [0.4, 0.5) is 0 Å². The minimum atomic E-state index is -0.163. The third-order valence-corrected chi connectivity index (χ3v) is 3.58. The number of carbonyl (C=O) groups is 1. The maximum Gasteiger partial charge on any atom is 0.158 e. The van der Waals surface area contributed by atoms with Crippen molar-refractivity contribution in [2.75, 3.05) is 13.2 Å². The van der Waals surface area contributed by atoms with E-state index in [9.17, 15) is 4.79 Å². The number of rotatable bonds is 9. The lowest BCUT2D eigenvalue weighted by Crippen LogP contribution is -2.25. The molecule has 1 aliphatic heterocycles. The van der Waals surface area contributed by atoms with Gasteiger partial charge in [-0.15, -0.1) is 0 Å². The van der Waals surface area contributed by atoms with Gasteiger partial charge in [0, 0.05) is 13.0 Å². The van der Waals surface area contributed by atoms with E-state index < -0.39 is 0 Å². The molecule has 0 aromatic rings. The first-order chi connectivity index (χ1) is 10.1. The summed E-state index contributed by atoms with van der Waals surface area (Å²) in [6.07, 6.45) is 10.9. The average Bonchev–Trinajstić information content (AvgIpc) is 2.46. The second-order valence-corrected chi connectivity index (χ2v) is 6.06. The van der Waals surface area contributed by atoms with Gasteiger partial charge in [0.15, 0.2) is 12.1 Å². The summed E-state index contributed by atoms with van der Waals surface area (Å²) >= 11 is 0. The van der Waals surface area contributed by atoms with Crippen LogP contribution in [0.15, 0.2) is 23.3 Å². The van der Waals surface area contributed by atoms with E-state index in [2.05, 4.69) is 32.9 Å². The van der Waals surface area contributed by atoms with Gasteiger partial charge in [0.25, 0.3) is 0 Å². The maximum atomic E-state index is 11.8. The van der Waals surface area contributed by atoms with Gasteiger partial charge in [-0.2, -0.15) is 0 Å². The lowest BCUT2D eigenvalue weighted by atomic mass is 10.1. The molecule has 0 radical (unpaired) electrons. The molecule has 0 aromatic carbocycles. The molecule has 21 heavy (non-hydrogen) atoms. The Labute approximate surface area is 129 Å². The van der Waals surface area contributed by atoms with E-state index in [1.807, 2.05) is 0 Å². The number of ether oxygens (including phenoxy) is 2. The Bertz CT molecular complexity index is 359. The lowest BCUT2D eigenvalue weighted by molar-refractivity contribution is -0.169. The highest BCUT2D eigenvalue weighted by atomic mass is 16.7. The number of Topliss-reactive ketones (excluding diaryl/α,β-unsaturated/α-hetero) is 1. The van der Waals surface area contributed by atoms with Crippen molar-refractivity contribution in [1.82, 2.24) is 0 Å². The van der Waals surface area contributed by atoms with Crippen LogP contribution in [0.1, 0.15) is 65.7 Å². The number of hydrogen-bond acceptors (Lipinski definition) is 3. The fraction of sp³-hybridized carbons (Fsp3) is 0.722. The Morgan fingerprint density at radius 1 is 1.14 bits per heavy atom. The summed E-state index contributed by atoms with van der Waals surface area (Å²) in [5.74, 6) is 0.164. The van der Waals surface area contributed by atoms with Crippen LogP contribution < -0.4 is 0 Å². The third kappa shape index (κ3) is 9.59. The normalized spacial score (nSPS) is 19.4. The first-order valence-electron chi connectivity index (χ1n) is 8.12. The minimum absolute atomic E-state index is 0.163. The Morgan fingerprint density at radius 2 is 1.90 bits per heavy atom. The molecule has 1 aliphatic rings. The van der Waals surface area contributed by atoms with Gasteiger partial charge >= 0.3 is 0 Å². The SMILES string of the molecule is CC(C)=CCC/C(C)=C/CCC(=O)COC1CCCCO1. The van der Waals surface area contributed by atoms with Gasteiger partial charge in [-0.25, -0.2) is 0 Å². The zero-order chi connectivity index (χ0) is 15.5. The van der Waals surface area contributed by atoms with Crippen LogP contribution in [-0.2, 0) is 14.3 Å². The monoisotopic (exact) mass is 294 g/mol. The number of hydrogen-bond donors (Lipinski definition) is 0. The van der Waals surface area contributed by atoms with E-state index in [1.54, 1.807) is 0 Å². The van der Waals surface area contributed by atoms with Gasteiger partial charge in [0.1, 0.15) is 6.61 Å². The van der Waals surface area contributed by atoms with Crippen molar-refractivity contribution in [2.24, 2.45) is 0 Å². The molecule has 3 nitrogen and oxygen atoms in total. The van der Waals surface area contributed by atoms with E-state index in [0.29, 0.717) is 6.42 Å². The molecular weight excluding hydrogens is 264 g/mol. The molecule has 0 N–H and O–H groups in total. The Kier molecular flexibility index (Phi) is 9.27. The molecule has 1 unspecified atom stereocenters. The summed E-state index contributed by atoms with van der Waals surface area (Å²) in [4.78, 5) is 11.8. The molecule has 0 spiro atoms. The zero-order valence-corrected chi connectivity index (χ0v) is 13.8. The Balaban J connectivity index is 2.10. The van der Waals surface area contributed by atoms with E-state index in [0.717, 1.165) is 45.1 Å². The van der Waals surface area contributed by atoms with Crippen molar-refractivity contribution < 1.29 is 14.3 Å². The summed E-state index contributed by atoms with van der Waals surface area (Å²) < 4.78 is 10.9. The highest BCUT2D eigenvalue weighted by molar-refractivity contribution is 5.79. The van der Waals surface area contributed by atoms with Crippen LogP contribution in [0.2, 0.25) is 0 Å². The summed E-state index contributed by atoms with van der Waals surface area (Å²) in [6, 6.07) is 0. The third-order valence-electron chi connectivity index (χ3n) is 3.58. The van der Waals surface area contributed by atoms with Crippen LogP contribution in [0.3, 0.4) is 0 Å². The predicted octanol–water partition coefficient (Wildman–Crippen LogP) is 4.57. The molecule has 1 fully saturated rings. The molecule has 1 atom stereocenters. The molecule has 0 aromatic heterocycles. The fourth-order valence-electron chi connectivity index (χ4n) is 2.27. The van der Waals surface area contributed by atoms with Crippen LogP contribution in [0.5, 0.6) is 0 Å². The van der Waals surface area contributed by atoms with Crippen molar-refractivity contribution in [3.05, 3.63) is 23.3 Å². The zero-order valence-electron chi connectivity index (χ0n) is 13.8. The Morgan fingerprint density at radius 3 is 2.57 bits per heavy atom. The quantitative estimate of drug-likeness (QED) is 0.584. The van der Waals surface area contributed by atoms with Gasteiger partial charge in [0.2, 0.25) is 0 Å². The van der Waals surface area contributed by atoms with Gasteiger partial charge in [0.05, 0.1) is 0 Å². The largest absolute Gasteiger partial charge is 0.353 e. The molecule has 3 heteroatoms. The first kappa shape index (κ1) is 18.1. The maximum absolute atomic E-state index is 11.8. The second-order valence-electron chi connectivity index (χ2n) is 6.06. The van der Waals surface area contributed by atoms with E-state index >= 15 is 0 Å². The Hall–Kier alpha value is -0.930. The van der Waals surface area contributed by atoms with Gasteiger partial charge in [-0.3, -0.25) is 4.79 Å². The minimum Gasteiger partial charge on any atom is -0.353 e. The number of ketones is 1. The van der Waals surface area contributed by atoms with E-state index in [-0.39, 0.29) is 18.7 Å². The molecule has 1 saturated heterocycles. The molecule has 0 aliphatic carbocycles. The molecule has 1 rings (SSSR count). The average molecular weight is 294 g/mol. The number of carbonyl (C=O) groups excluding carboxylic acids is 1. The molecule has 1 heterocycles. The second kappa shape index (κ2) is 10.7. The summed E-state index contributed by atoms with van der Waals surface area (Å²) in [6.45, 7) is 7.32. The van der Waals surface area contributed by atoms with Crippen molar-refractivity contribution in [2.45, 2.75) is 72.0 Å². The van der Waals surface area contributed by atoms with Crippen LogP contribution in [-0.4, -0.2) is 25.3 Å². The van der Waals surface area contributed by atoms with Crippen LogP contribution in [0.25, 0.3) is 0 Å². The van der Waals surface area contributed by atoms with Crippen molar-refractivity contribution in [3.63, 3.8) is 0 Å². The summed E-state index contributed by atoms with van der Waals surface area (Å²) in [5.41, 5.74) is 2.72. The lowest BCUT2D eigenvalue weighted by Gasteiger charge is -2.22. The summed E-state index contributed by atoms with van der Waals surface area (Å²) in [7, 11) is 0. The van der Waals surface area contributed by atoms with Crippen LogP contribution >= 0.6 is 0 Å². The fourth-order valence-corrected chi connectivity index (χ4v) is 2.27. The molecule has 120 valence electrons. The van der Waals surface area contributed by atoms with Gasteiger partial charge in [-0.05, 0) is 59.3 Å². The first-order valence-corrected chi connectivity index (χ1v) is 8.12. The smallest absolute Gasteiger partial charge is 0.158 e. The molecule has 0 bridgehead atoms. The van der Waals surface area contributed by atoms with E-state index in [4.69, 9.17) is 9.47 Å². The number of allylic oxidation sites excluding steroid dienone is 4. The van der Waals surface area contributed by atoms with Gasteiger partial charge < -0.3 is 9.47 Å². The molecule has 0 saturated carbocycles. The van der Waals surface area contributed by atoms with Crippen molar-refractivity contribution in [3.8, 4) is 0 Å². The molecular formula is C18H30O3. The van der Waals surface area contributed by atoms with Crippen LogP contribution in [0, 0.1) is 0 Å². The molecule has 0 amide bonds. The van der Waals surface area contributed by atoms with E-state index in [1.165, 1.54) is 11.1 Å². The van der Waals surface area contributed by atoms with Crippen molar-refractivity contribution in [1.29, 1.82) is 0 Å². The predicted molar refractivity (Wildman–Crippen MR) is 86.2 cm³/mol. The highest BCUT2D eigenvalue weighted by Gasteiger charge is 2.15.